The third-order valence-corrected chi connectivity index (χ3v) is 7.81. The zero-order valence-corrected chi connectivity index (χ0v) is 16.8. The van der Waals surface area contributed by atoms with Gasteiger partial charge >= 0.3 is 6.18 Å². The molecule has 4 rings (SSSR count). The van der Waals surface area contributed by atoms with Crippen LogP contribution in [0.5, 0.6) is 0 Å². The van der Waals surface area contributed by atoms with Crippen LogP contribution in [-0.2, 0) is 16.9 Å². The van der Waals surface area contributed by atoms with Crippen molar-refractivity contribution in [3.8, 4) is 11.5 Å². The standard InChI is InChI=1S/C18H19ClF3N3O2S/c1-3-28(26,27)12-6-10(9-4-5-9)7-23-16(12)17-24-8-11(25(17)2)13-14(15(13)19)18(20,21)22/h6-9,13-15H,3-5H2,1-2H3. The maximum Gasteiger partial charge on any atom is 0.393 e. The van der Waals surface area contributed by atoms with E-state index < -0.39 is 33.2 Å². The quantitative estimate of drug-likeness (QED) is 0.667. The van der Waals surface area contributed by atoms with Gasteiger partial charge in [0.25, 0.3) is 0 Å². The molecule has 0 N–H and O–H groups in total. The van der Waals surface area contributed by atoms with Crippen LogP contribution in [0, 0.1) is 5.92 Å². The fourth-order valence-electron chi connectivity index (χ4n) is 3.62. The van der Waals surface area contributed by atoms with Gasteiger partial charge in [-0.25, -0.2) is 13.4 Å². The molecule has 2 aliphatic carbocycles. The first-order valence-corrected chi connectivity index (χ1v) is 11.1. The summed E-state index contributed by atoms with van der Waals surface area (Å²) in [6, 6.07) is 1.63. The van der Waals surface area contributed by atoms with E-state index >= 15 is 0 Å². The second-order valence-corrected chi connectivity index (χ2v) is 10.1. The number of hydrogen-bond donors (Lipinski definition) is 0. The average molecular weight is 434 g/mol. The Morgan fingerprint density at radius 1 is 1.25 bits per heavy atom. The first kappa shape index (κ1) is 19.7. The molecule has 2 saturated carbocycles. The number of pyridine rings is 1. The average Bonchev–Trinajstić information content (AvgIpc) is 3.53. The molecule has 0 spiro atoms. The SMILES string of the molecule is CCS(=O)(=O)c1cc(C2CC2)cnc1-c1ncc(C2C(Cl)C2C(F)(F)F)n1C. The lowest BCUT2D eigenvalue weighted by Crippen LogP contribution is -2.13. The summed E-state index contributed by atoms with van der Waals surface area (Å²) in [5.41, 5.74) is 1.35. The maximum absolute atomic E-state index is 13.1. The van der Waals surface area contributed by atoms with Gasteiger partial charge in [0.15, 0.2) is 15.7 Å². The Morgan fingerprint density at radius 2 is 1.93 bits per heavy atom. The van der Waals surface area contributed by atoms with Crippen LogP contribution in [0.25, 0.3) is 11.5 Å². The monoisotopic (exact) mass is 433 g/mol. The van der Waals surface area contributed by atoms with E-state index in [1.54, 1.807) is 26.2 Å². The molecule has 0 aliphatic heterocycles. The minimum absolute atomic E-state index is 0.0743. The molecule has 2 heterocycles. The highest BCUT2D eigenvalue weighted by atomic mass is 35.5. The summed E-state index contributed by atoms with van der Waals surface area (Å²) in [7, 11) is -2.02. The van der Waals surface area contributed by atoms with Crippen molar-refractivity contribution in [1.29, 1.82) is 0 Å². The van der Waals surface area contributed by atoms with E-state index in [0.29, 0.717) is 11.6 Å². The van der Waals surface area contributed by atoms with Crippen LogP contribution < -0.4 is 0 Å². The van der Waals surface area contributed by atoms with Gasteiger partial charge in [-0.2, -0.15) is 13.2 Å². The highest BCUT2D eigenvalue weighted by Gasteiger charge is 2.65. The fraction of sp³-hybridized carbons (Fsp3) is 0.556. The van der Waals surface area contributed by atoms with Gasteiger partial charge in [-0.15, -0.1) is 11.6 Å². The number of rotatable bonds is 5. The smallest absolute Gasteiger partial charge is 0.329 e. The van der Waals surface area contributed by atoms with Gasteiger partial charge < -0.3 is 4.57 Å². The van der Waals surface area contributed by atoms with Crippen LogP contribution >= 0.6 is 11.6 Å². The lowest BCUT2D eigenvalue weighted by molar-refractivity contribution is -0.148. The van der Waals surface area contributed by atoms with Crippen LogP contribution in [0.1, 0.15) is 42.9 Å². The highest BCUT2D eigenvalue weighted by molar-refractivity contribution is 7.91. The summed E-state index contributed by atoms with van der Waals surface area (Å²) < 4.78 is 66.0. The predicted octanol–water partition coefficient (Wildman–Crippen LogP) is 4.04. The van der Waals surface area contributed by atoms with E-state index in [1.807, 2.05) is 0 Å². The lowest BCUT2D eigenvalue weighted by Gasteiger charge is -2.12. The zero-order valence-electron chi connectivity index (χ0n) is 15.2. The first-order valence-electron chi connectivity index (χ1n) is 9.01. The van der Waals surface area contributed by atoms with Crippen molar-refractivity contribution in [2.75, 3.05) is 5.75 Å². The molecule has 152 valence electrons. The molecule has 5 nitrogen and oxygen atoms in total. The van der Waals surface area contributed by atoms with Crippen molar-refractivity contribution in [2.24, 2.45) is 13.0 Å². The summed E-state index contributed by atoms with van der Waals surface area (Å²) in [4.78, 5) is 8.63. The molecule has 10 heteroatoms. The summed E-state index contributed by atoms with van der Waals surface area (Å²) in [5.74, 6) is -2.08. The van der Waals surface area contributed by atoms with E-state index in [9.17, 15) is 21.6 Å². The van der Waals surface area contributed by atoms with Gasteiger partial charge in [-0.1, -0.05) is 6.92 Å². The zero-order chi connectivity index (χ0) is 20.4. The van der Waals surface area contributed by atoms with Crippen LogP contribution in [-0.4, -0.2) is 40.3 Å². The van der Waals surface area contributed by atoms with Gasteiger partial charge in [0.2, 0.25) is 0 Å². The Bertz CT molecular complexity index is 1030. The third-order valence-electron chi connectivity index (χ3n) is 5.53. The first-order chi connectivity index (χ1) is 13.1. The number of nitrogens with zero attached hydrogens (tertiary/aromatic N) is 3. The maximum atomic E-state index is 13.1. The molecule has 2 fully saturated rings. The van der Waals surface area contributed by atoms with Gasteiger partial charge in [0, 0.05) is 31.1 Å². The third kappa shape index (κ3) is 3.22. The van der Waals surface area contributed by atoms with E-state index in [4.69, 9.17) is 11.6 Å². The number of halogens is 4. The lowest BCUT2D eigenvalue weighted by atomic mass is 10.2. The molecule has 0 radical (unpaired) electrons. The second-order valence-electron chi connectivity index (χ2n) is 7.40. The molecule has 3 atom stereocenters. The van der Waals surface area contributed by atoms with Crippen molar-refractivity contribution in [2.45, 2.75) is 48.1 Å². The van der Waals surface area contributed by atoms with Gasteiger partial charge in [0.05, 0.1) is 21.9 Å². The molecular formula is C18H19ClF3N3O2S. The van der Waals surface area contributed by atoms with Crippen molar-refractivity contribution in [1.82, 2.24) is 14.5 Å². The Kier molecular flexibility index (Phi) is 4.54. The number of sulfone groups is 1. The largest absolute Gasteiger partial charge is 0.393 e. The van der Waals surface area contributed by atoms with Gasteiger partial charge in [-0.05, 0) is 30.4 Å². The predicted molar refractivity (Wildman–Crippen MR) is 98.1 cm³/mol. The molecule has 0 amide bonds. The molecule has 0 bridgehead atoms. The Balaban J connectivity index is 1.78. The molecule has 0 saturated heterocycles. The van der Waals surface area contributed by atoms with Gasteiger partial charge in [0.1, 0.15) is 5.69 Å². The molecule has 3 unspecified atom stereocenters. The Hall–Kier alpha value is -1.61. The normalized spacial score (nSPS) is 25.1. The number of hydrogen-bond acceptors (Lipinski definition) is 4. The molecule has 0 aromatic carbocycles. The van der Waals surface area contributed by atoms with E-state index in [-0.39, 0.29) is 22.2 Å². The van der Waals surface area contributed by atoms with Crippen molar-refractivity contribution >= 4 is 21.4 Å². The van der Waals surface area contributed by atoms with Crippen molar-refractivity contribution in [3.05, 3.63) is 29.7 Å². The minimum atomic E-state index is -4.39. The number of aromatic nitrogens is 3. The van der Waals surface area contributed by atoms with E-state index in [1.165, 1.54) is 10.8 Å². The summed E-state index contributed by atoms with van der Waals surface area (Å²) in [6.45, 7) is 1.54. The molecular weight excluding hydrogens is 415 g/mol. The second kappa shape index (κ2) is 6.45. The minimum Gasteiger partial charge on any atom is -0.329 e. The summed E-state index contributed by atoms with van der Waals surface area (Å²) >= 11 is 5.88. The summed E-state index contributed by atoms with van der Waals surface area (Å²) in [6.07, 6.45) is 0.575. The van der Waals surface area contributed by atoms with Crippen LogP contribution in [0.3, 0.4) is 0 Å². The number of imidazole rings is 1. The topological polar surface area (TPSA) is 64.8 Å². The van der Waals surface area contributed by atoms with Crippen LogP contribution in [0.15, 0.2) is 23.4 Å². The molecule has 2 aliphatic rings. The molecule has 2 aromatic rings. The van der Waals surface area contributed by atoms with Crippen LogP contribution in [0.4, 0.5) is 13.2 Å². The Morgan fingerprint density at radius 3 is 2.46 bits per heavy atom. The highest BCUT2D eigenvalue weighted by Crippen LogP contribution is 2.59. The summed E-state index contributed by atoms with van der Waals surface area (Å²) in [5, 5.41) is -1.05. The van der Waals surface area contributed by atoms with Crippen molar-refractivity contribution < 1.29 is 21.6 Å². The van der Waals surface area contributed by atoms with Crippen molar-refractivity contribution in [3.63, 3.8) is 0 Å². The fourth-order valence-corrected chi connectivity index (χ4v) is 5.18. The Labute approximate surface area is 165 Å². The number of alkyl halides is 4. The van der Waals surface area contributed by atoms with E-state index in [0.717, 1.165) is 18.4 Å². The van der Waals surface area contributed by atoms with E-state index in [2.05, 4.69) is 9.97 Å². The molecule has 2 aromatic heterocycles. The molecule has 28 heavy (non-hydrogen) atoms. The van der Waals surface area contributed by atoms with Crippen LogP contribution in [0.2, 0.25) is 0 Å². The van der Waals surface area contributed by atoms with Gasteiger partial charge in [-0.3, -0.25) is 4.98 Å².